The minimum atomic E-state index is -3.75. The third-order valence-electron chi connectivity index (χ3n) is 5.61. The van der Waals surface area contributed by atoms with Crippen molar-refractivity contribution in [3.05, 3.63) is 71.3 Å². The molecule has 2 amide bonds. The van der Waals surface area contributed by atoms with Gasteiger partial charge in [0, 0.05) is 11.8 Å². The normalized spacial score (nSPS) is 11.4. The summed E-state index contributed by atoms with van der Waals surface area (Å²) in [5.41, 5.74) is 8.15. The van der Waals surface area contributed by atoms with Crippen molar-refractivity contribution in [2.24, 2.45) is 5.73 Å². The standard InChI is InChI=1S/C26H29N6O7P/c1-5-37-40(35,38-6-2)39-19-9-7-17(8-10-19)15-32-23-20(11-18(24(27)33)12-22(23)36-4)30-26(32)31-25(34)21-14-28-16(3)13-29-21/h7-14H,5-6,15H2,1-4H3,(H2,27,33)(H,30,31,34). The number of nitrogens with two attached hydrogens (primary N) is 1. The Morgan fingerprint density at radius 1 is 1.05 bits per heavy atom. The molecule has 0 radical (unpaired) electrons. The first kappa shape index (κ1) is 28.7. The molecule has 2 aromatic heterocycles. The number of benzene rings is 2. The van der Waals surface area contributed by atoms with E-state index in [-0.39, 0.29) is 37.0 Å². The van der Waals surface area contributed by atoms with Crippen molar-refractivity contribution >= 4 is 36.6 Å². The van der Waals surface area contributed by atoms with Gasteiger partial charge in [0.15, 0.2) is 0 Å². The van der Waals surface area contributed by atoms with E-state index >= 15 is 0 Å². The highest BCUT2D eigenvalue weighted by Crippen LogP contribution is 2.49. The highest BCUT2D eigenvalue weighted by Gasteiger charge is 2.27. The SMILES string of the molecule is CCOP(=O)(OCC)Oc1ccc(Cn2c(NC(=O)c3cnc(C)cn3)nc3cc(C(N)=O)cc(OC)c32)cc1. The van der Waals surface area contributed by atoms with E-state index in [1.165, 1.54) is 31.6 Å². The number of imidazole rings is 1. The molecule has 0 saturated carbocycles. The summed E-state index contributed by atoms with van der Waals surface area (Å²) in [5.74, 6) is -0.366. The molecule has 13 nitrogen and oxygen atoms in total. The zero-order chi connectivity index (χ0) is 28.9. The number of nitrogens with zero attached hydrogens (tertiary/aromatic N) is 4. The number of hydrogen-bond acceptors (Lipinski definition) is 10. The summed E-state index contributed by atoms with van der Waals surface area (Å²) in [5, 5.41) is 2.77. The highest BCUT2D eigenvalue weighted by molar-refractivity contribution is 7.48. The van der Waals surface area contributed by atoms with Crippen LogP contribution in [0.1, 0.15) is 46.0 Å². The molecule has 0 aliphatic carbocycles. The molecule has 2 aromatic carbocycles. The minimum Gasteiger partial charge on any atom is -0.494 e. The second-order valence-electron chi connectivity index (χ2n) is 8.45. The van der Waals surface area contributed by atoms with Gasteiger partial charge in [0.1, 0.15) is 22.7 Å². The van der Waals surface area contributed by atoms with E-state index in [1.807, 2.05) is 0 Å². The topological polar surface area (TPSA) is 170 Å². The average Bonchev–Trinajstić information content (AvgIpc) is 3.26. The first-order chi connectivity index (χ1) is 19.2. The summed E-state index contributed by atoms with van der Waals surface area (Å²) in [7, 11) is -2.30. The Bertz CT molecular complexity index is 1560. The number of ether oxygens (including phenoxy) is 1. The zero-order valence-electron chi connectivity index (χ0n) is 22.4. The summed E-state index contributed by atoms with van der Waals surface area (Å²) in [4.78, 5) is 37.7. The van der Waals surface area contributed by atoms with Crippen LogP contribution >= 0.6 is 7.82 Å². The number of methoxy groups -OCH3 is 1. The Kier molecular flexibility index (Phi) is 8.78. The second kappa shape index (κ2) is 12.2. The number of carbonyl (C=O) groups is 2. The van der Waals surface area contributed by atoms with E-state index in [0.717, 1.165) is 5.56 Å². The minimum absolute atomic E-state index is 0.100. The second-order valence-corrected chi connectivity index (χ2v) is 10.0. The van der Waals surface area contributed by atoms with Gasteiger partial charge in [-0.2, -0.15) is 0 Å². The number of nitrogens with one attached hydrogen (secondary N) is 1. The molecular formula is C26H29N6O7P. The highest BCUT2D eigenvalue weighted by atomic mass is 31.2. The van der Waals surface area contributed by atoms with Crippen LogP contribution in [-0.2, 0) is 20.2 Å². The fourth-order valence-electron chi connectivity index (χ4n) is 3.83. The third kappa shape index (κ3) is 6.45. The zero-order valence-corrected chi connectivity index (χ0v) is 23.3. The van der Waals surface area contributed by atoms with Crippen LogP contribution in [0.2, 0.25) is 0 Å². The van der Waals surface area contributed by atoms with E-state index in [1.54, 1.807) is 49.6 Å². The van der Waals surface area contributed by atoms with Crippen LogP contribution in [0.5, 0.6) is 11.5 Å². The monoisotopic (exact) mass is 568 g/mol. The molecule has 210 valence electrons. The summed E-state index contributed by atoms with van der Waals surface area (Å²) < 4.78 is 35.9. The van der Waals surface area contributed by atoms with Gasteiger partial charge in [0.25, 0.3) is 5.91 Å². The van der Waals surface area contributed by atoms with Crippen molar-refractivity contribution < 1.29 is 32.5 Å². The number of aryl methyl sites for hydroxylation is 1. The largest absolute Gasteiger partial charge is 0.530 e. The Labute approximate surface area is 230 Å². The van der Waals surface area contributed by atoms with Crippen molar-refractivity contribution in [1.82, 2.24) is 19.5 Å². The maximum atomic E-state index is 13.0. The van der Waals surface area contributed by atoms with Crippen molar-refractivity contribution in [3.8, 4) is 11.5 Å². The molecule has 4 rings (SSSR count). The molecule has 4 aromatic rings. The summed E-state index contributed by atoms with van der Waals surface area (Å²) in [6, 6.07) is 9.79. The molecule has 0 bridgehead atoms. The van der Waals surface area contributed by atoms with Gasteiger partial charge in [0.05, 0.1) is 44.3 Å². The Hall–Kier alpha value is -4.32. The molecule has 0 unspecified atom stereocenters. The lowest BCUT2D eigenvalue weighted by Gasteiger charge is -2.17. The summed E-state index contributed by atoms with van der Waals surface area (Å²) in [6.45, 7) is 5.69. The lowest BCUT2D eigenvalue weighted by molar-refractivity contribution is 0.0996. The molecule has 0 atom stereocenters. The fraction of sp³-hybridized carbons (Fsp3) is 0.269. The van der Waals surface area contributed by atoms with Gasteiger partial charge < -0.3 is 19.6 Å². The summed E-state index contributed by atoms with van der Waals surface area (Å²) in [6.07, 6.45) is 2.85. The van der Waals surface area contributed by atoms with Gasteiger partial charge in [-0.25, -0.2) is 14.5 Å². The molecule has 14 heteroatoms. The van der Waals surface area contributed by atoms with Gasteiger partial charge in [-0.3, -0.25) is 28.9 Å². The number of hydrogen-bond donors (Lipinski definition) is 2. The van der Waals surface area contributed by atoms with Crippen LogP contribution in [-0.4, -0.2) is 51.7 Å². The summed E-state index contributed by atoms with van der Waals surface area (Å²) >= 11 is 0. The molecule has 40 heavy (non-hydrogen) atoms. The van der Waals surface area contributed by atoms with Crippen LogP contribution in [0.4, 0.5) is 5.95 Å². The van der Waals surface area contributed by atoms with Crippen molar-refractivity contribution in [3.63, 3.8) is 0 Å². The van der Waals surface area contributed by atoms with Crippen LogP contribution in [0.15, 0.2) is 48.8 Å². The fourth-order valence-corrected chi connectivity index (χ4v) is 5.02. The van der Waals surface area contributed by atoms with E-state index in [0.29, 0.717) is 28.2 Å². The van der Waals surface area contributed by atoms with Crippen LogP contribution in [0.3, 0.4) is 0 Å². The molecule has 0 aliphatic rings. The van der Waals surface area contributed by atoms with Crippen molar-refractivity contribution in [1.29, 1.82) is 0 Å². The Morgan fingerprint density at radius 3 is 2.33 bits per heavy atom. The lowest BCUT2D eigenvalue weighted by Crippen LogP contribution is -2.18. The van der Waals surface area contributed by atoms with E-state index in [2.05, 4.69) is 20.3 Å². The molecule has 0 spiro atoms. The van der Waals surface area contributed by atoms with Crippen LogP contribution < -0.4 is 20.3 Å². The molecule has 2 heterocycles. The Balaban J connectivity index is 1.71. The predicted molar refractivity (Wildman–Crippen MR) is 147 cm³/mol. The number of primary amides is 1. The number of carbonyl (C=O) groups excluding carboxylic acids is 2. The molecule has 0 aliphatic heterocycles. The van der Waals surface area contributed by atoms with Crippen LogP contribution in [0.25, 0.3) is 11.0 Å². The number of fused-ring (bicyclic) bond motifs is 1. The molecular weight excluding hydrogens is 539 g/mol. The number of phosphoric acid groups is 1. The maximum Gasteiger partial charge on any atom is 0.530 e. The Morgan fingerprint density at radius 2 is 1.75 bits per heavy atom. The quantitative estimate of drug-likeness (QED) is 0.237. The first-order valence-electron chi connectivity index (χ1n) is 12.3. The van der Waals surface area contributed by atoms with Gasteiger partial charge in [-0.15, -0.1) is 0 Å². The van der Waals surface area contributed by atoms with Crippen molar-refractivity contribution in [2.45, 2.75) is 27.3 Å². The number of rotatable bonds is 12. The van der Waals surface area contributed by atoms with Gasteiger partial charge >= 0.3 is 7.82 Å². The van der Waals surface area contributed by atoms with E-state index in [4.69, 9.17) is 24.0 Å². The molecule has 3 N–H and O–H groups in total. The average molecular weight is 569 g/mol. The number of amides is 2. The maximum absolute atomic E-state index is 13.0. The molecule has 0 saturated heterocycles. The van der Waals surface area contributed by atoms with Crippen molar-refractivity contribution in [2.75, 3.05) is 25.6 Å². The van der Waals surface area contributed by atoms with E-state index < -0.39 is 19.6 Å². The number of phosphoric ester groups is 1. The number of anilines is 1. The third-order valence-corrected chi connectivity index (χ3v) is 7.19. The predicted octanol–water partition coefficient (Wildman–Crippen LogP) is 4.10. The van der Waals surface area contributed by atoms with Gasteiger partial charge in [0.2, 0.25) is 11.9 Å². The molecule has 0 fully saturated rings. The number of aromatic nitrogens is 4. The lowest BCUT2D eigenvalue weighted by atomic mass is 10.1. The van der Waals surface area contributed by atoms with Gasteiger partial charge in [-0.1, -0.05) is 12.1 Å². The van der Waals surface area contributed by atoms with Gasteiger partial charge in [-0.05, 0) is 50.6 Å². The van der Waals surface area contributed by atoms with E-state index in [9.17, 15) is 14.2 Å². The smallest absolute Gasteiger partial charge is 0.494 e. The first-order valence-corrected chi connectivity index (χ1v) is 13.8. The van der Waals surface area contributed by atoms with Crippen LogP contribution in [0, 0.1) is 6.92 Å².